The smallest absolute Gasteiger partial charge is 0.211 e. The number of carbonyl (C=O) groups excluding carboxylic acids is 2. The Hall–Kier alpha value is -3.61. The Labute approximate surface area is 166 Å². The van der Waals surface area contributed by atoms with Crippen molar-refractivity contribution in [2.24, 2.45) is 0 Å². The first-order valence-corrected chi connectivity index (χ1v) is 8.52. The Kier molecular flexibility index (Phi) is 14.7. The molecule has 2 N–H and O–H groups in total. The van der Waals surface area contributed by atoms with Crippen LogP contribution in [0.2, 0.25) is 0 Å². The van der Waals surface area contributed by atoms with Crippen LogP contribution in [0.1, 0.15) is 12.7 Å². The van der Waals surface area contributed by atoms with Gasteiger partial charge in [0.2, 0.25) is 12.8 Å². The van der Waals surface area contributed by atoms with Crippen LogP contribution in [-0.4, -0.2) is 28.9 Å². The number of aromatic nitrogens is 2. The van der Waals surface area contributed by atoms with E-state index >= 15 is 0 Å². The van der Waals surface area contributed by atoms with Crippen LogP contribution < -0.4 is 10.6 Å². The molecule has 7 nitrogen and oxygen atoms in total. The minimum atomic E-state index is 0.555. The molecule has 0 fully saturated rings. The van der Waals surface area contributed by atoms with Gasteiger partial charge in [-0.25, -0.2) is 4.98 Å². The van der Waals surface area contributed by atoms with Crippen LogP contribution in [0.5, 0.6) is 0 Å². The number of furan rings is 1. The van der Waals surface area contributed by atoms with E-state index in [4.69, 9.17) is 4.42 Å². The number of imidazole rings is 1. The number of allylic oxidation sites excluding steroid dienone is 4. The third kappa shape index (κ3) is 13.7. The first kappa shape index (κ1) is 24.4. The average Bonchev–Trinajstić information content (AvgIpc) is 3.35. The molecule has 7 heteroatoms. The maximum Gasteiger partial charge on any atom is 0.211 e. The van der Waals surface area contributed by atoms with Crippen molar-refractivity contribution in [2.45, 2.75) is 20.4 Å². The maximum atomic E-state index is 9.95. The van der Waals surface area contributed by atoms with Crippen LogP contribution in [0.15, 0.2) is 90.3 Å². The Morgan fingerprint density at radius 3 is 2.57 bits per heavy atom. The lowest BCUT2D eigenvalue weighted by Crippen LogP contribution is -2.13. The molecule has 0 unspecified atom stereocenters. The molecule has 0 aliphatic rings. The van der Waals surface area contributed by atoms with E-state index in [1.807, 2.05) is 48.8 Å². The van der Waals surface area contributed by atoms with E-state index in [-0.39, 0.29) is 0 Å². The maximum absolute atomic E-state index is 9.95. The van der Waals surface area contributed by atoms with E-state index in [1.165, 1.54) is 0 Å². The van der Waals surface area contributed by atoms with E-state index in [0.717, 1.165) is 11.3 Å². The highest BCUT2D eigenvalue weighted by atomic mass is 16.3. The van der Waals surface area contributed by atoms with Gasteiger partial charge in [-0.15, -0.1) is 0 Å². The lowest BCUT2D eigenvalue weighted by Gasteiger charge is -2.02. The van der Waals surface area contributed by atoms with E-state index in [9.17, 15) is 9.59 Å². The molecule has 0 aliphatic heterocycles. The number of hydrogen-bond donors (Lipinski definition) is 2. The highest BCUT2D eigenvalue weighted by Crippen LogP contribution is 1.95. The summed E-state index contributed by atoms with van der Waals surface area (Å²) in [5.74, 6) is 0.968. The number of amides is 2. The summed E-state index contributed by atoms with van der Waals surface area (Å²) in [6, 6.07) is 3.79. The van der Waals surface area contributed by atoms with Gasteiger partial charge in [-0.1, -0.05) is 37.5 Å². The molecule has 28 heavy (non-hydrogen) atoms. The molecule has 0 aliphatic carbocycles. The van der Waals surface area contributed by atoms with Crippen molar-refractivity contribution < 1.29 is 14.0 Å². The third-order valence-electron chi connectivity index (χ3n) is 2.96. The van der Waals surface area contributed by atoms with E-state index < -0.39 is 0 Å². The standard InChI is InChI=1S/C9H13NO.C7H9N3O.C5H6O/c1-3-5-9(6-4-2)7-10-8-11;1-7(9-6-11)4-10-3-2-8-5-10;1-5-3-2-4-6-5/h3-6,8H,1,7H2,2H3,(H,10,11);2-3,5-6H,1,4H2,(H,9,11);2-4H,1H3/b6-4-,9-5+;;. The predicted octanol–water partition coefficient (Wildman–Crippen LogP) is 3.15. The van der Waals surface area contributed by atoms with E-state index in [1.54, 1.807) is 31.1 Å². The zero-order chi connectivity index (χ0) is 21.0. The second kappa shape index (κ2) is 16.8. The van der Waals surface area contributed by atoms with Gasteiger partial charge < -0.3 is 19.6 Å². The summed E-state index contributed by atoms with van der Waals surface area (Å²) in [5.41, 5.74) is 1.69. The lowest BCUT2D eigenvalue weighted by molar-refractivity contribution is -0.110. The van der Waals surface area contributed by atoms with Gasteiger partial charge in [0.1, 0.15) is 5.76 Å². The molecule has 2 amide bonds. The fraction of sp³-hybridized carbons (Fsp3) is 0.190. The highest BCUT2D eigenvalue weighted by molar-refractivity contribution is 5.49. The van der Waals surface area contributed by atoms with Gasteiger partial charge >= 0.3 is 0 Å². The van der Waals surface area contributed by atoms with Crippen molar-refractivity contribution in [1.29, 1.82) is 0 Å². The summed E-state index contributed by atoms with van der Waals surface area (Å²) in [6.45, 7) is 12.2. The summed E-state index contributed by atoms with van der Waals surface area (Å²) in [7, 11) is 0. The van der Waals surface area contributed by atoms with Crippen molar-refractivity contribution in [1.82, 2.24) is 20.2 Å². The van der Waals surface area contributed by atoms with Crippen molar-refractivity contribution >= 4 is 12.8 Å². The van der Waals surface area contributed by atoms with Crippen molar-refractivity contribution in [3.8, 4) is 0 Å². The molecule has 0 bridgehead atoms. The molecular weight excluding hydrogens is 356 g/mol. The molecule has 0 aromatic carbocycles. The number of aryl methyl sites for hydroxylation is 1. The van der Waals surface area contributed by atoms with Gasteiger partial charge in [0.15, 0.2) is 0 Å². The Balaban J connectivity index is 0.000000407. The van der Waals surface area contributed by atoms with Crippen LogP contribution in [-0.2, 0) is 16.1 Å². The van der Waals surface area contributed by atoms with Crippen molar-refractivity contribution in [3.05, 3.63) is 91.6 Å². The topological polar surface area (TPSA) is 89.2 Å². The molecule has 150 valence electrons. The summed E-state index contributed by atoms with van der Waals surface area (Å²) in [4.78, 5) is 23.7. The average molecular weight is 384 g/mol. The van der Waals surface area contributed by atoms with Gasteiger partial charge in [-0.3, -0.25) is 9.59 Å². The Morgan fingerprint density at radius 1 is 1.36 bits per heavy atom. The second-order valence-electron chi connectivity index (χ2n) is 5.30. The van der Waals surface area contributed by atoms with Gasteiger partial charge in [0.25, 0.3) is 0 Å². The van der Waals surface area contributed by atoms with Gasteiger partial charge in [-0.05, 0) is 31.6 Å². The van der Waals surface area contributed by atoms with Crippen molar-refractivity contribution in [2.75, 3.05) is 6.54 Å². The third-order valence-corrected chi connectivity index (χ3v) is 2.96. The fourth-order valence-corrected chi connectivity index (χ4v) is 1.79. The SMILES string of the molecule is C=C(Cn1ccnc1)NC=O.C=C/C=C(\C=C/C)CNC=O.Cc1ccco1. The number of carbonyl (C=O) groups is 2. The summed E-state index contributed by atoms with van der Waals surface area (Å²) in [5, 5.41) is 5.03. The first-order valence-electron chi connectivity index (χ1n) is 8.52. The zero-order valence-electron chi connectivity index (χ0n) is 16.4. The molecule has 2 aromatic rings. The van der Waals surface area contributed by atoms with Crippen molar-refractivity contribution in [3.63, 3.8) is 0 Å². The number of nitrogens with zero attached hydrogens (tertiary/aromatic N) is 2. The molecule has 0 saturated heterocycles. The monoisotopic (exact) mass is 384 g/mol. The van der Waals surface area contributed by atoms with Gasteiger partial charge in [0.05, 0.1) is 19.1 Å². The van der Waals surface area contributed by atoms with Crippen LogP contribution in [0.4, 0.5) is 0 Å². The number of nitrogens with one attached hydrogen (secondary N) is 2. The molecule has 0 radical (unpaired) electrons. The number of rotatable bonds is 9. The normalized spacial score (nSPS) is 10.0. The Morgan fingerprint density at radius 2 is 2.14 bits per heavy atom. The minimum Gasteiger partial charge on any atom is -0.470 e. The molecule has 0 spiro atoms. The van der Waals surface area contributed by atoms with Gasteiger partial charge in [-0.2, -0.15) is 0 Å². The van der Waals surface area contributed by atoms with Crippen LogP contribution in [0.3, 0.4) is 0 Å². The Bertz CT molecular complexity index is 730. The molecular formula is C21H28N4O3. The summed E-state index contributed by atoms with van der Waals surface area (Å²) < 4.78 is 6.65. The minimum absolute atomic E-state index is 0.555. The fourth-order valence-electron chi connectivity index (χ4n) is 1.79. The van der Waals surface area contributed by atoms with E-state index in [2.05, 4.69) is 28.8 Å². The molecule has 0 atom stereocenters. The highest BCUT2D eigenvalue weighted by Gasteiger charge is 1.92. The lowest BCUT2D eigenvalue weighted by atomic mass is 10.2. The predicted molar refractivity (Wildman–Crippen MR) is 111 cm³/mol. The largest absolute Gasteiger partial charge is 0.470 e. The summed E-state index contributed by atoms with van der Waals surface area (Å²) in [6.07, 6.45) is 15.5. The number of hydrogen-bond acceptors (Lipinski definition) is 4. The second-order valence-corrected chi connectivity index (χ2v) is 5.30. The van der Waals surface area contributed by atoms with E-state index in [0.29, 0.717) is 31.6 Å². The molecule has 0 saturated carbocycles. The van der Waals surface area contributed by atoms with Crippen LogP contribution in [0.25, 0.3) is 0 Å². The van der Waals surface area contributed by atoms with Crippen LogP contribution >= 0.6 is 0 Å². The summed E-state index contributed by atoms with van der Waals surface area (Å²) >= 11 is 0. The molecule has 2 heterocycles. The first-order chi connectivity index (χ1) is 13.6. The zero-order valence-corrected chi connectivity index (χ0v) is 16.4. The van der Waals surface area contributed by atoms with Gasteiger partial charge in [0, 0.05) is 24.6 Å². The molecule has 2 aromatic heterocycles. The molecule has 2 rings (SSSR count). The quantitative estimate of drug-likeness (QED) is 0.513. The van der Waals surface area contributed by atoms with Crippen LogP contribution in [0, 0.1) is 6.92 Å².